The summed E-state index contributed by atoms with van der Waals surface area (Å²) in [4.78, 5) is 0. The van der Waals surface area contributed by atoms with Crippen LogP contribution < -0.4 is 5.73 Å². The van der Waals surface area contributed by atoms with Crippen molar-refractivity contribution in [3.8, 4) is 0 Å². The minimum absolute atomic E-state index is 0. The summed E-state index contributed by atoms with van der Waals surface area (Å²) in [6.07, 6.45) is 2.39. The SMILES string of the molecule is CCCCN.[H-].[H-].[Mg+2]. The van der Waals surface area contributed by atoms with Crippen LogP contribution in [-0.2, 0) is 0 Å². The van der Waals surface area contributed by atoms with Gasteiger partial charge in [0, 0.05) is 0 Å². The van der Waals surface area contributed by atoms with Crippen molar-refractivity contribution < 1.29 is 2.85 Å². The van der Waals surface area contributed by atoms with Gasteiger partial charge in [-0.05, 0) is 13.0 Å². The maximum absolute atomic E-state index is 5.14. The number of hydrogen-bond donors (Lipinski definition) is 1. The molecule has 0 saturated carbocycles. The van der Waals surface area contributed by atoms with Crippen molar-refractivity contribution in [3.05, 3.63) is 0 Å². The molecule has 2 heteroatoms. The first-order valence-electron chi connectivity index (χ1n) is 2.12. The number of hydrogen-bond acceptors (Lipinski definition) is 1. The molecular weight excluding hydrogens is 86.4 g/mol. The molecule has 6 heavy (non-hydrogen) atoms. The molecule has 1 nitrogen and oxygen atoms in total. The van der Waals surface area contributed by atoms with Crippen LogP contribution >= 0.6 is 0 Å². The predicted molar refractivity (Wildman–Crippen MR) is 31.9 cm³/mol. The van der Waals surface area contributed by atoms with E-state index in [4.69, 9.17) is 5.73 Å². The second kappa shape index (κ2) is 9.21. The Morgan fingerprint density at radius 1 is 1.67 bits per heavy atom. The summed E-state index contributed by atoms with van der Waals surface area (Å²) in [5.74, 6) is 0. The fourth-order valence-corrected chi connectivity index (χ4v) is 0.204. The largest absolute Gasteiger partial charge is 2.00 e. The van der Waals surface area contributed by atoms with Crippen LogP contribution in [0.1, 0.15) is 22.6 Å². The Morgan fingerprint density at radius 3 is 2.17 bits per heavy atom. The summed E-state index contributed by atoms with van der Waals surface area (Å²) in [6, 6.07) is 0. The monoisotopic (exact) mass is 99.1 g/mol. The summed E-state index contributed by atoms with van der Waals surface area (Å²) < 4.78 is 0. The number of rotatable bonds is 2. The smallest absolute Gasteiger partial charge is 1.00 e. The number of unbranched alkanes of at least 4 members (excludes halogenated alkanes) is 1. The Bertz CT molecular complexity index is 21.5. The molecule has 0 bridgehead atoms. The maximum Gasteiger partial charge on any atom is 2.00 e. The van der Waals surface area contributed by atoms with Crippen molar-refractivity contribution in [2.75, 3.05) is 6.54 Å². The van der Waals surface area contributed by atoms with Crippen LogP contribution in [0.25, 0.3) is 0 Å². The molecule has 0 aliphatic carbocycles. The Balaban J connectivity index is -0.0000000267. The Morgan fingerprint density at radius 2 is 2.17 bits per heavy atom. The molecule has 0 radical (unpaired) electrons. The normalized spacial score (nSPS) is 7.00. The molecule has 0 spiro atoms. The second-order valence-corrected chi connectivity index (χ2v) is 1.14. The summed E-state index contributed by atoms with van der Waals surface area (Å²) in [7, 11) is 0. The standard InChI is InChI=1S/C4H11N.Mg.2H/c1-2-3-4-5;;;/h2-5H2,1H3;;;/q;+2;2*-1. The van der Waals surface area contributed by atoms with Crippen LogP contribution in [0, 0.1) is 0 Å². The molecule has 0 atom stereocenters. The van der Waals surface area contributed by atoms with Crippen LogP contribution in [0.2, 0.25) is 0 Å². The zero-order valence-corrected chi connectivity index (χ0v) is 5.82. The van der Waals surface area contributed by atoms with Crippen molar-refractivity contribution in [2.45, 2.75) is 19.8 Å². The molecule has 0 unspecified atom stereocenters. The van der Waals surface area contributed by atoms with E-state index in [1.165, 1.54) is 12.8 Å². The summed E-state index contributed by atoms with van der Waals surface area (Å²) in [6.45, 7) is 2.98. The zero-order valence-electron chi connectivity index (χ0n) is 6.41. The molecule has 0 amide bonds. The molecule has 0 aromatic carbocycles. The van der Waals surface area contributed by atoms with Crippen molar-refractivity contribution in [3.63, 3.8) is 0 Å². The van der Waals surface area contributed by atoms with Gasteiger partial charge in [0.2, 0.25) is 0 Å². The number of nitrogens with two attached hydrogens (primary N) is 1. The van der Waals surface area contributed by atoms with Crippen LogP contribution in [0.3, 0.4) is 0 Å². The topological polar surface area (TPSA) is 26.0 Å². The first kappa shape index (κ1) is 9.87. The van der Waals surface area contributed by atoms with E-state index in [9.17, 15) is 0 Å². The van der Waals surface area contributed by atoms with Crippen molar-refractivity contribution in [2.24, 2.45) is 5.73 Å². The van der Waals surface area contributed by atoms with E-state index < -0.39 is 0 Å². The molecule has 0 aromatic rings. The quantitative estimate of drug-likeness (QED) is 0.504. The minimum Gasteiger partial charge on any atom is -1.00 e. The van der Waals surface area contributed by atoms with Crippen molar-refractivity contribution >= 4 is 23.1 Å². The molecule has 0 aliphatic rings. The van der Waals surface area contributed by atoms with Gasteiger partial charge in [-0.3, -0.25) is 0 Å². The van der Waals surface area contributed by atoms with E-state index >= 15 is 0 Å². The second-order valence-electron chi connectivity index (χ2n) is 1.14. The minimum atomic E-state index is 0. The molecule has 0 aromatic heterocycles. The summed E-state index contributed by atoms with van der Waals surface area (Å²) in [5, 5.41) is 0. The van der Waals surface area contributed by atoms with E-state index in [0.717, 1.165) is 6.54 Å². The molecule has 0 heterocycles. The van der Waals surface area contributed by atoms with Gasteiger partial charge in [0.25, 0.3) is 0 Å². The van der Waals surface area contributed by atoms with Gasteiger partial charge in [0.1, 0.15) is 0 Å². The fraction of sp³-hybridized carbons (Fsp3) is 1.00. The van der Waals surface area contributed by atoms with Gasteiger partial charge in [-0.1, -0.05) is 13.3 Å². The van der Waals surface area contributed by atoms with Crippen molar-refractivity contribution in [1.29, 1.82) is 0 Å². The first-order valence-corrected chi connectivity index (χ1v) is 2.12. The third kappa shape index (κ3) is 8.83. The van der Waals surface area contributed by atoms with E-state index in [1.807, 2.05) is 0 Å². The average molecular weight is 99.5 g/mol. The zero-order chi connectivity index (χ0) is 4.12. The third-order valence-electron chi connectivity index (χ3n) is 0.558. The van der Waals surface area contributed by atoms with Crippen LogP contribution in [0.4, 0.5) is 0 Å². The van der Waals surface area contributed by atoms with E-state index in [-0.39, 0.29) is 25.9 Å². The van der Waals surface area contributed by atoms with Crippen LogP contribution in [0.5, 0.6) is 0 Å². The Labute approximate surface area is 58.4 Å². The Kier molecular flexibility index (Phi) is 15.2. The Hall–Kier alpha value is 0.726. The van der Waals surface area contributed by atoms with Gasteiger partial charge in [-0.2, -0.15) is 0 Å². The first-order chi connectivity index (χ1) is 2.41. The molecule has 36 valence electrons. The summed E-state index contributed by atoms with van der Waals surface area (Å²) >= 11 is 0. The summed E-state index contributed by atoms with van der Waals surface area (Å²) in [5.41, 5.74) is 5.14. The van der Waals surface area contributed by atoms with Crippen molar-refractivity contribution in [1.82, 2.24) is 0 Å². The average Bonchev–Trinajstić information content (AvgIpc) is 1.41. The third-order valence-corrected chi connectivity index (χ3v) is 0.558. The van der Waals surface area contributed by atoms with Gasteiger partial charge in [-0.15, -0.1) is 0 Å². The predicted octanol–water partition coefficient (Wildman–Crippen LogP) is 0.589. The molecule has 0 aliphatic heterocycles. The molecule has 0 rings (SSSR count). The van der Waals surface area contributed by atoms with Gasteiger partial charge >= 0.3 is 23.1 Å². The van der Waals surface area contributed by atoms with Gasteiger partial charge in [0.15, 0.2) is 0 Å². The maximum atomic E-state index is 5.14. The molecule has 0 saturated heterocycles. The van der Waals surface area contributed by atoms with Gasteiger partial charge in [0.05, 0.1) is 0 Å². The van der Waals surface area contributed by atoms with E-state index in [1.54, 1.807) is 0 Å². The van der Waals surface area contributed by atoms with E-state index in [2.05, 4.69) is 6.92 Å². The van der Waals surface area contributed by atoms with Crippen LogP contribution in [-0.4, -0.2) is 29.6 Å². The van der Waals surface area contributed by atoms with Gasteiger partial charge in [-0.25, -0.2) is 0 Å². The molecule has 0 fully saturated rings. The van der Waals surface area contributed by atoms with Gasteiger partial charge < -0.3 is 8.59 Å². The molecular formula is C4H13MgN. The van der Waals surface area contributed by atoms with E-state index in [0.29, 0.717) is 0 Å². The van der Waals surface area contributed by atoms with Crippen LogP contribution in [0.15, 0.2) is 0 Å². The fourth-order valence-electron chi connectivity index (χ4n) is 0.204. The molecule has 2 N–H and O–H groups in total.